The van der Waals surface area contributed by atoms with E-state index >= 15 is 0 Å². The summed E-state index contributed by atoms with van der Waals surface area (Å²) >= 11 is 0. The quantitative estimate of drug-likeness (QED) is 0.739. The molecule has 1 aromatic carbocycles. The van der Waals surface area contributed by atoms with E-state index in [9.17, 15) is 4.79 Å². The summed E-state index contributed by atoms with van der Waals surface area (Å²) in [7, 11) is 0. The molecule has 0 saturated heterocycles. The number of pyridine rings is 1. The molecule has 0 amide bonds. The molecule has 0 spiro atoms. The SMILES string of the molecule is CCOc1cccc(/C=C/c2cccc[n+]2CC(=O)O)c1.[Cl-]. The molecule has 0 unspecified atom stereocenters. The van der Waals surface area contributed by atoms with Crippen LogP contribution < -0.4 is 21.7 Å². The average molecular weight is 320 g/mol. The van der Waals surface area contributed by atoms with Crippen LogP contribution in [0.25, 0.3) is 12.2 Å². The summed E-state index contributed by atoms with van der Waals surface area (Å²) in [5, 5.41) is 8.91. The van der Waals surface area contributed by atoms with E-state index in [2.05, 4.69) is 0 Å². The number of carboxylic acid groups (broad SMARTS) is 1. The van der Waals surface area contributed by atoms with Gasteiger partial charge < -0.3 is 22.3 Å². The third-order valence-corrected chi connectivity index (χ3v) is 2.90. The van der Waals surface area contributed by atoms with Gasteiger partial charge in [0.1, 0.15) is 5.75 Å². The summed E-state index contributed by atoms with van der Waals surface area (Å²) in [5.41, 5.74) is 1.84. The molecule has 0 aliphatic carbocycles. The first-order chi connectivity index (χ1) is 10.2. The highest BCUT2D eigenvalue weighted by molar-refractivity contribution is 5.68. The molecule has 0 fully saturated rings. The normalized spacial score (nSPS) is 10.2. The Kier molecular flexibility index (Phi) is 7.13. The molecule has 0 radical (unpaired) electrons. The van der Waals surface area contributed by atoms with Crippen LogP contribution in [0.2, 0.25) is 0 Å². The number of hydrogen-bond acceptors (Lipinski definition) is 2. The van der Waals surface area contributed by atoms with E-state index in [-0.39, 0.29) is 19.0 Å². The van der Waals surface area contributed by atoms with Crippen LogP contribution in [0.3, 0.4) is 0 Å². The van der Waals surface area contributed by atoms with Gasteiger partial charge in [-0.15, -0.1) is 0 Å². The Labute approximate surface area is 136 Å². The summed E-state index contributed by atoms with van der Waals surface area (Å²) in [4.78, 5) is 10.9. The zero-order valence-electron chi connectivity index (χ0n) is 12.3. The van der Waals surface area contributed by atoms with E-state index in [4.69, 9.17) is 9.84 Å². The van der Waals surface area contributed by atoms with Crippen molar-refractivity contribution in [2.45, 2.75) is 13.5 Å². The molecule has 5 heteroatoms. The molecule has 0 atom stereocenters. The van der Waals surface area contributed by atoms with Gasteiger partial charge in [-0.1, -0.05) is 12.1 Å². The number of carboxylic acids is 1. The molecule has 0 aliphatic rings. The van der Waals surface area contributed by atoms with Crippen molar-refractivity contribution in [3.05, 3.63) is 59.9 Å². The minimum atomic E-state index is -0.862. The molecular formula is C17H18ClNO3. The first kappa shape index (κ1) is 17.7. The number of benzene rings is 1. The Morgan fingerprint density at radius 3 is 2.77 bits per heavy atom. The third-order valence-electron chi connectivity index (χ3n) is 2.90. The Balaban J connectivity index is 0.00000242. The molecule has 0 saturated carbocycles. The zero-order chi connectivity index (χ0) is 15.1. The van der Waals surface area contributed by atoms with Gasteiger partial charge in [-0.3, -0.25) is 0 Å². The monoisotopic (exact) mass is 319 g/mol. The molecule has 2 rings (SSSR count). The molecule has 116 valence electrons. The maximum absolute atomic E-state index is 10.9. The number of halogens is 1. The number of ether oxygens (including phenoxy) is 1. The smallest absolute Gasteiger partial charge is 0.370 e. The van der Waals surface area contributed by atoms with Crippen LogP contribution in [0.5, 0.6) is 5.75 Å². The fourth-order valence-corrected chi connectivity index (χ4v) is 1.99. The van der Waals surface area contributed by atoms with E-state index in [1.807, 2.05) is 61.5 Å². The highest BCUT2D eigenvalue weighted by Crippen LogP contribution is 2.15. The van der Waals surface area contributed by atoms with Gasteiger partial charge in [0.2, 0.25) is 12.2 Å². The lowest BCUT2D eigenvalue weighted by atomic mass is 10.2. The predicted molar refractivity (Wildman–Crippen MR) is 80.8 cm³/mol. The van der Waals surface area contributed by atoms with Crippen molar-refractivity contribution in [2.24, 2.45) is 0 Å². The minimum Gasteiger partial charge on any atom is -1.00 e. The second-order valence-electron chi connectivity index (χ2n) is 4.49. The maximum Gasteiger partial charge on any atom is 0.370 e. The van der Waals surface area contributed by atoms with Gasteiger partial charge in [-0.25, -0.2) is 4.79 Å². The van der Waals surface area contributed by atoms with E-state index in [1.165, 1.54) is 0 Å². The highest BCUT2D eigenvalue weighted by atomic mass is 35.5. The van der Waals surface area contributed by atoms with Crippen LogP contribution in [0.1, 0.15) is 18.2 Å². The van der Waals surface area contributed by atoms with Crippen LogP contribution in [0, 0.1) is 0 Å². The summed E-state index contributed by atoms with van der Waals surface area (Å²) in [6, 6.07) is 13.3. The predicted octanol–water partition coefficient (Wildman–Crippen LogP) is -0.368. The summed E-state index contributed by atoms with van der Waals surface area (Å²) < 4.78 is 7.14. The van der Waals surface area contributed by atoms with Crippen molar-refractivity contribution in [1.82, 2.24) is 0 Å². The lowest BCUT2D eigenvalue weighted by Gasteiger charge is -2.03. The standard InChI is InChI=1S/C17H17NO3.ClH/c1-2-21-16-8-5-6-14(12-16)9-10-15-7-3-4-11-18(15)13-17(19)20;/h3-12H,2,13H2,1H3;1H/b10-9+;. The van der Waals surface area contributed by atoms with Crippen molar-refractivity contribution in [2.75, 3.05) is 6.61 Å². The first-order valence-electron chi connectivity index (χ1n) is 6.80. The third kappa shape index (κ3) is 5.22. The van der Waals surface area contributed by atoms with Gasteiger partial charge in [0.15, 0.2) is 6.20 Å². The van der Waals surface area contributed by atoms with Gasteiger partial charge in [-0.2, -0.15) is 4.57 Å². The van der Waals surface area contributed by atoms with Crippen LogP contribution in [0.15, 0.2) is 48.7 Å². The lowest BCUT2D eigenvalue weighted by molar-refractivity contribution is -0.687. The van der Waals surface area contributed by atoms with E-state index < -0.39 is 5.97 Å². The van der Waals surface area contributed by atoms with Crippen molar-refractivity contribution in [3.8, 4) is 5.75 Å². The average Bonchev–Trinajstić information content (AvgIpc) is 2.47. The van der Waals surface area contributed by atoms with Crippen molar-refractivity contribution in [1.29, 1.82) is 0 Å². The molecule has 22 heavy (non-hydrogen) atoms. The number of rotatable bonds is 6. The first-order valence-corrected chi connectivity index (χ1v) is 6.80. The summed E-state index contributed by atoms with van der Waals surface area (Å²) in [6.45, 7) is 2.52. The van der Waals surface area contributed by atoms with Crippen molar-refractivity contribution < 1.29 is 31.6 Å². The molecule has 0 aliphatic heterocycles. The van der Waals surface area contributed by atoms with Gasteiger partial charge in [0.05, 0.1) is 6.61 Å². The second-order valence-corrected chi connectivity index (χ2v) is 4.49. The number of aliphatic carboxylic acids is 1. The van der Waals surface area contributed by atoms with E-state index in [1.54, 1.807) is 10.8 Å². The van der Waals surface area contributed by atoms with Gasteiger partial charge in [-0.05, 0) is 36.8 Å². The zero-order valence-corrected chi connectivity index (χ0v) is 13.0. The topological polar surface area (TPSA) is 50.4 Å². The molecule has 2 aromatic rings. The van der Waals surface area contributed by atoms with E-state index in [0.717, 1.165) is 17.0 Å². The van der Waals surface area contributed by atoms with Crippen LogP contribution in [0.4, 0.5) is 0 Å². The Hall–Kier alpha value is -2.33. The number of carbonyl (C=O) groups is 1. The Bertz CT molecular complexity index is 656. The minimum absolute atomic E-state index is 0. The van der Waals surface area contributed by atoms with Crippen LogP contribution in [-0.4, -0.2) is 17.7 Å². The highest BCUT2D eigenvalue weighted by Gasteiger charge is 2.10. The van der Waals surface area contributed by atoms with Gasteiger partial charge in [0.25, 0.3) is 0 Å². The van der Waals surface area contributed by atoms with Gasteiger partial charge in [0, 0.05) is 18.2 Å². The Morgan fingerprint density at radius 1 is 1.23 bits per heavy atom. The molecule has 4 nitrogen and oxygen atoms in total. The number of nitrogens with zero attached hydrogens (tertiary/aromatic N) is 1. The molecule has 1 N–H and O–H groups in total. The molecule has 1 aromatic heterocycles. The Morgan fingerprint density at radius 2 is 2.05 bits per heavy atom. The molecule has 0 bridgehead atoms. The van der Waals surface area contributed by atoms with Crippen molar-refractivity contribution >= 4 is 18.1 Å². The summed E-state index contributed by atoms with van der Waals surface area (Å²) in [5.74, 6) is -0.0367. The fourth-order valence-electron chi connectivity index (χ4n) is 1.99. The maximum atomic E-state index is 10.9. The number of aromatic nitrogens is 1. The van der Waals surface area contributed by atoms with Gasteiger partial charge >= 0.3 is 5.97 Å². The molecular weight excluding hydrogens is 302 g/mol. The fraction of sp³-hybridized carbons (Fsp3) is 0.176. The van der Waals surface area contributed by atoms with Crippen LogP contribution >= 0.6 is 0 Å². The van der Waals surface area contributed by atoms with E-state index in [0.29, 0.717) is 6.61 Å². The molecule has 1 heterocycles. The largest absolute Gasteiger partial charge is 1.00 e. The van der Waals surface area contributed by atoms with Crippen molar-refractivity contribution in [3.63, 3.8) is 0 Å². The lowest BCUT2D eigenvalue weighted by Crippen LogP contribution is -3.00. The number of hydrogen-bond donors (Lipinski definition) is 1. The van der Waals surface area contributed by atoms with Crippen LogP contribution in [-0.2, 0) is 11.3 Å². The second kappa shape index (κ2) is 8.85. The summed E-state index contributed by atoms with van der Waals surface area (Å²) in [6.07, 6.45) is 5.59.